The summed E-state index contributed by atoms with van der Waals surface area (Å²) >= 11 is 12.4. The Morgan fingerprint density at radius 1 is 0.923 bits per heavy atom. The number of hydrogen-bond donors (Lipinski definition) is 2. The van der Waals surface area contributed by atoms with Crippen molar-refractivity contribution in [1.82, 2.24) is 9.97 Å². The van der Waals surface area contributed by atoms with Crippen LogP contribution in [0.2, 0.25) is 10.0 Å². The average molecular weight is 387 g/mol. The summed E-state index contributed by atoms with van der Waals surface area (Å²) < 4.78 is 0. The number of nitrogens with one attached hydrogen (secondary N) is 2. The monoisotopic (exact) mass is 386 g/mol. The molecule has 1 aromatic heterocycles. The van der Waals surface area contributed by atoms with E-state index < -0.39 is 0 Å². The Bertz CT molecular complexity index is 923. The molecule has 4 nitrogen and oxygen atoms in total. The molecule has 1 fully saturated rings. The summed E-state index contributed by atoms with van der Waals surface area (Å²) in [6.07, 6.45) is 6.22. The van der Waals surface area contributed by atoms with Crippen molar-refractivity contribution in [1.29, 1.82) is 0 Å². The van der Waals surface area contributed by atoms with Gasteiger partial charge in [0.1, 0.15) is 5.82 Å². The molecular weight excluding hydrogens is 367 g/mol. The molecule has 3 aromatic rings. The van der Waals surface area contributed by atoms with E-state index >= 15 is 0 Å². The molecule has 0 atom stereocenters. The summed E-state index contributed by atoms with van der Waals surface area (Å²) in [5.74, 6) is 1.37. The Kier molecular flexibility index (Phi) is 5.14. The van der Waals surface area contributed by atoms with E-state index in [2.05, 4.69) is 21.7 Å². The number of nitrogens with zero attached hydrogens (tertiary/aromatic N) is 2. The summed E-state index contributed by atoms with van der Waals surface area (Å²) in [5, 5.41) is 9.04. The van der Waals surface area contributed by atoms with Gasteiger partial charge in [0.15, 0.2) is 0 Å². The Balaban J connectivity index is 1.69. The van der Waals surface area contributed by atoms with Gasteiger partial charge >= 0.3 is 0 Å². The SMILES string of the molecule is Clc1ccc(Cl)c(Nc2nc(NC3CCCCC3)c3ccccc3n2)c1. The first-order valence-electron chi connectivity index (χ1n) is 8.94. The molecule has 0 radical (unpaired) electrons. The molecule has 6 heteroatoms. The minimum Gasteiger partial charge on any atom is -0.367 e. The maximum atomic E-state index is 6.27. The fourth-order valence-corrected chi connectivity index (χ4v) is 3.73. The highest BCUT2D eigenvalue weighted by molar-refractivity contribution is 6.35. The predicted octanol–water partition coefficient (Wildman–Crippen LogP) is 6.42. The molecule has 0 saturated heterocycles. The number of aromatic nitrogens is 2. The largest absolute Gasteiger partial charge is 0.367 e. The van der Waals surface area contributed by atoms with Gasteiger partial charge in [0.2, 0.25) is 5.95 Å². The maximum absolute atomic E-state index is 6.27. The van der Waals surface area contributed by atoms with Gasteiger partial charge in [-0.15, -0.1) is 0 Å². The van der Waals surface area contributed by atoms with Gasteiger partial charge in [-0.3, -0.25) is 0 Å². The highest BCUT2D eigenvalue weighted by Crippen LogP contribution is 2.30. The third kappa shape index (κ3) is 3.87. The van der Waals surface area contributed by atoms with Crippen molar-refractivity contribution >= 4 is 51.6 Å². The van der Waals surface area contributed by atoms with Crippen LogP contribution in [-0.2, 0) is 0 Å². The molecule has 0 aliphatic heterocycles. The van der Waals surface area contributed by atoms with E-state index in [4.69, 9.17) is 28.2 Å². The van der Waals surface area contributed by atoms with E-state index in [1.165, 1.54) is 32.1 Å². The van der Waals surface area contributed by atoms with Crippen LogP contribution < -0.4 is 10.6 Å². The molecule has 1 heterocycles. The van der Waals surface area contributed by atoms with Crippen LogP contribution in [0.4, 0.5) is 17.5 Å². The number of benzene rings is 2. The average Bonchev–Trinajstić information content (AvgIpc) is 2.66. The molecule has 26 heavy (non-hydrogen) atoms. The van der Waals surface area contributed by atoms with Crippen molar-refractivity contribution in [3.8, 4) is 0 Å². The summed E-state index contributed by atoms with van der Waals surface area (Å²) in [4.78, 5) is 9.36. The minimum atomic E-state index is 0.463. The number of fused-ring (bicyclic) bond motifs is 1. The predicted molar refractivity (Wildman–Crippen MR) is 110 cm³/mol. The van der Waals surface area contributed by atoms with Crippen LogP contribution in [0.3, 0.4) is 0 Å². The zero-order valence-corrected chi connectivity index (χ0v) is 15.8. The summed E-state index contributed by atoms with van der Waals surface area (Å²) in [5.41, 5.74) is 1.58. The molecule has 4 rings (SSSR count). The van der Waals surface area contributed by atoms with Crippen molar-refractivity contribution < 1.29 is 0 Å². The number of rotatable bonds is 4. The van der Waals surface area contributed by atoms with Crippen LogP contribution in [0.25, 0.3) is 10.9 Å². The molecule has 0 unspecified atom stereocenters. The number of halogens is 2. The van der Waals surface area contributed by atoms with Gasteiger partial charge in [0, 0.05) is 16.5 Å². The second-order valence-electron chi connectivity index (χ2n) is 6.64. The van der Waals surface area contributed by atoms with Gasteiger partial charge in [-0.25, -0.2) is 4.98 Å². The number of hydrogen-bond acceptors (Lipinski definition) is 4. The van der Waals surface area contributed by atoms with E-state index in [1.54, 1.807) is 18.2 Å². The fourth-order valence-electron chi connectivity index (χ4n) is 3.40. The van der Waals surface area contributed by atoms with E-state index in [9.17, 15) is 0 Å². The summed E-state index contributed by atoms with van der Waals surface area (Å²) in [6.45, 7) is 0. The van der Waals surface area contributed by atoms with Gasteiger partial charge < -0.3 is 10.6 Å². The molecule has 0 spiro atoms. The minimum absolute atomic E-state index is 0.463. The van der Waals surface area contributed by atoms with Crippen LogP contribution in [0, 0.1) is 0 Å². The topological polar surface area (TPSA) is 49.8 Å². The first-order chi connectivity index (χ1) is 12.7. The van der Waals surface area contributed by atoms with Crippen LogP contribution >= 0.6 is 23.2 Å². The van der Waals surface area contributed by atoms with E-state index in [0.29, 0.717) is 27.7 Å². The molecule has 1 aliphatic rings. The number of anilines is 3. The smallest absolute Gasteiger partial charge is 0.229 e. The van der Waals surface area contributed by atoms with Gasteiger partial charge in [0.05, 0.1) is 16.2 Å². The molecule has 2 N–H and O–H groups in total. The van der Waals surface area contributed by atoms with Gasteiger partial charge in [-0.2, -0.15) is 4.98 Å². The van der Waals surface area contributed by atoms with E-state index in [1.807, 2.05) is 18.2 Å². The fraction of sp³-hybridized carbons (Fsp3) is 0.300. The normalized spacial score (nSPS) is 15.2. The number of para-hydroxylation sites is 1. The quantitative estimate of drug-likeness (QED) is 0.542. The zero-order chi connectivity index (χ0) is 17.9. The van der Waals surface area contributed by atoms with Crippen LogP contribution in [0.1, 0.15) is 32.1 Å². The highest BCUT2D eigenvalue weighted by atomic mass is 35.5. The summed E-state index contributed by atoms with van der Waals surface area (Å²) in [6, 6.07) is 13.8. The van der Waals surface area contributed by atoms with E-state index in [0.717, 1.165) is 16.7 Å². The van der Waals surface area contributed by atoms with Gasteiger partial charge in [-0.05, 0) is 43.2 Å². The second kappa shape index (κ2) is 7.68. The van der Waals surface area contributed by atoms with Crippen molar-refractivity contribution in [3.05, 3.63) is 52.5 Å². The Morgan fingerprint density at radius 2 is 1.73 bits per heavy atom. The van der Waals surface area contributed by atoms with Gasteiger partial charge in [0.25, 0.3) is 0 Å². The molecular formula is C20H20Cl2N4. The molecule has 0 bridgehead atoms. The Labute approximate surface area is 162 Å². The van der Waals surface area contributed by atoms with Crippen molar-refractivity contribution in [2.45, 2.75) is 38.1 Å². The molecule has 1 aliphatic carbocycles. The molecule has 2 aromatic carbocycles. The third-order valence-corrected chi connectivity index (χ3v) is 5.29. The molecule has 1 saturated carbocycles. The second-order valence-corrected chi connectivity index (χ2v) is 7.49. The van der Waals surface area contributed by atoms with Crippen molar-refractivity contribution in [2.24, 2.45) is 0 Å². The molecule has 0 amide bonds. The van der Waals surface area contributed by atoms with Crippen molar-refractivity contribution in [2.75, 3.05) is 10.6 Å². The van der Waals surface area contributed by atoms with Crippen LogP contribution in [-0.4, -0.2) is 16.0 Å². The van der Waals surface area contributed by atoms with Gasteiger partial charge in [-0.1, -0.05) is 54.6 Å². The zero-order valence-electron chi connectivity index (χ0n) is 14.3. The summed E-state index contributed by atoms with van der Waals surface area (Å²) in [7, 11) is 0. The Hall–Kier alpha value is -2.04. The highest BCUT2D eigenvalue weighted by Gasteiger charge is 2.16. The lowest BCUT2D eigenvalue weighted by molar-refractivity contribution is 0.462. The van der Waals surface area contributed by atoms with E-state index in [-0.39, 0.29) is 0 Å². The lowest BCUT2D eigenvalue weighted by Crippen LogP contribution is -2.23. The van der Waals surface area contributed by atoms with Crippen molar-refractivity contribution in [3.63, 3.8) is 0 Å². The molecule has 134 valence electrons. The van der Waals surface area contributed by atoms with Crippen LogP contribution in [0.15, 0.2) is 42.5 Å². The maximum Gasteiger partial charge on any atom is 0.229 e. The third-order valence-electron chi connectivity index (χ3n) is 4.72. The standard InChI is InChI=1S/C20H20Cl2N4/c21-13-10-11-16(22)18(12-13)25-20-24-17-9-5-4-8-15(17)19(26-20)23-14-6-2-1-3-7-14/h4-5,8-12,14H,1-3,6-7H2,(H2,23,24,25,26). The lowest BCUT2D eigenvalue weighted by atomic mass is 9.95. The Morgan fingerprint density at radius 3 is 2.58 bits per heavy atom. The first kappa shape index (κ1) is 17.4. The first-order valence-corrected chi connectivity index (χ1v) is 9.70. The van der Waals surface area contributed by atoms with Crippen LogP contribution in [0.5, 0.6) is 0 Å². The lowest BCUT2D eigenvalue weighted by Gasteiger charge is -2.24.